The molecule has 0 unspecified atom stereocenters. The van der Waals surface area contributed by atoms with Crippen molar-refractivity contribution in [2.45, 2.75) is 13.8 Å². The second kappa shape index (κ2) is 11.5. The summed E-state index contributed by atoms with van der Waals surface area (Å²) in [6.45, 7) is 3.87. The number of carbonyl (C=O) groups excluding carboxylic acids is 2. The fraction of sp³-hybridized carbons (Fsp3) is 0.667. The van der Waals surface area contributed by atoms with Gasteiger partial charge in [-0.15, -0.1) is 0 Å². The molecule has 0 atom stereocenters. The van der Waals surface area contributed by atoms with Crippen molar-refractivity contribution in [1.82, 2.24) is 0 Å². The van der Waals surface area contributed by atoms with Crippen LogP contribution in [0.25, 0.3) is 0 Å². The third kappa shape index (κ3) is 147. The average molecular weight is 308 g/mol. The van der Waals surface area contributed by atoms with E-state index in [2.05, 4.69) is 11.5 Å². The molecule has 0 fully saturated rings. The van der Waals surface area contributed by atoms with Gasteiger partial charge in [-0.1, -0.05) is 0 Å². The Balaban J connectivity index is -0.000000144. The van der Waals surface area contributed by atoms with E-state index in [1.54, 1.807) is 0 Å². The zero-order chi connectivity index (χ0) is 13.1. The zero-order valence-corrected chi connectivity index (χ0v) is 10.7. The van der Waals surface area contributed by atoms with Gasteiger partial charge in [-0.05, 0) is 0 Å². The Kier molecular flexibility index (Phi) is 15.4. The predicted molar refractivity (Wildman–Crippen MR) is 38.2 cm³/mol. The molecule has 9 heteroatoms. The van der Waals surface area contributed by atoms with Crippen LogP contribution >= 0.6 is 0 Å². The molecule has 0 aromatic heterocycles. The van der Waals surface area contributed by atoms with E-state index in [0.29, 0.717) is 13.1 Å². The number of carbonyl (C=O) groups is 2. The molecule has 0 aromatic carbocycles. The summed E-state index contributed by atoms with van der Waals surface area (Å²) >= 11 is -6.02. The van der Waals surface area contributed by atoms with E-state index >= 15 is 0 Å². The SMILES string of the molecule is CC(=O)C[NH3+].CC(=O)C[NH3+].[O]=[Mo](=[O])([O-])[O-]. The first-order valence-electron chi connectivity index (χ1n) is 3.78. The summed E-state index contributed by atoms with van der Waals surface area (Å²) < 4.78 is 34.5. The van der Waals surface area contributed by atoms with Crippen molar-refractivity contribution in [3.63, 3.8) is 0 Å². The first-order chi connectivity index (χ1) is 6.54. The Morgan fingerprint density at radius 3 is 1.07 bits per heavy atom. The van der Waals surface area contributed by atoms with E-state index in [1.807, 2.05) is 0 Å². The number of hydrogen-bond donors (Lipinski definition) is 2. The van der Waals surface area contributed by atoms with Gasteiger partial charge in [-0.2, -0.15) is 0 Å². The molecule has 6 N–H and O–H groups in total. The fourth-order valence-electron chi connectivity index (χ4n) is 0. The van der Waals surface area contributed by atoms with Gasteiger partial charge < -0.3 is 11.5 Å². The predicted octanol–water partition coefficient (Wildman–Crippen LogP) is -4.98. The Hall–Kier alpha value is -0.532. The third-order valence-electron chi connectivity index (χ3n) is 0.704. The molecule has 0 saturated heterocycles. The summed E-state index contributed by atoms with van der Waals surface area (Å²) in [4.78, 5) is 19.5. The Morgan fingerprint density at radius 1 is 1.00 bits per heavy atom. The molecule has 8 nitrogen and oxygen atoms in total. The van der Waals surface area contributed by atoms with Crippen LogP contribution in [0, 0.1) is 0 Å². The molecule has 0 rings (SSSR count). The molecule has 92 valence electrons. The number of quaternary nitrogens is 2. The van der Waals surface area contributed by atoms with Crippen LogP contribution in [-0.2, 0) is 33.1 Å². The van der Waals surface area contributed by atoms with Crippen molar-refractivity contribution < 1.29 is 52.1 Å². The molecule has 0 saturated carbocycles. The Morgan fingerprint density at radius 2 is 1.07 bits per heavy atom. The standard InChI is InChI=1S/2C3H7NO.Mo.4O/c2*1-3(5)2-4;;;;;/h2*2,4H2,1H3;;;;;/q;;;;;2*-1/p+2. The van der Waals surface area contributed by atoms with Gasteiger partial charge in [0, 0.05) is 13.8 Å². The van der Waals surface area contributed by atoms with E-state index < -0.39 is 16.7 Å². The van der Waals surface area contributed by atoms with Gasteiger partial charge in [0.15, 0.2) is 11.6 Å². The van der Waals surface area contributed by atoms with Gasteiger partial charge in [0.2, 0.25) is 0 Å². The molecule has 15 heavy (non-hydrogen) atoms. The van der Waals surface area contributed by atoms with E-state index in [9.17, 15) is 9.59 Å². The van der Waals surface area contributed by atoms with Crippen LogP contribution in [0.3, 0.4) is 0 Å². The van der Waals surface area contributed by atoms with Crippen molar-refractivity contribution in [2.75, 3.05) is 13.1 Å². The van der Waals surface area contributed by atoms with E-state index in [0.717, 1.165) is 0 Å². The molecule has 0 aromatic rings. The van der Waals surface area contributed by atoms with Gasteiger partial charge in [-0.25, -0.2) is 0 Å². The summed E-state index contributed by atoms with van der Waals surface area (Å²) in [5.41, 5.74) is 6.67. The van der Waals surface area contributed by atoms with Crippen molar-refractivity contribution in [3.05, 3.63) is 0 Å². The summed E-state index contributed by atoms with van der Waals surface area (Å²) in [6.07, 6.45) is 0. The van der Waals surface area contributed by atoms with Crippen LogP contribution < -0.4 is 19.0 Å². The van der Waals surface area contributed by atoms with Gasteiger partial charge in [-0.3, -0.25) is 9.59 Å². The number of ketones is 2. The van der Waals surface area contributed by atoms with Crippen molar-refractivity contribution in [2.24, 2.45) is 0 Å². The first kappa shape index (κ1) is 20.0. The van der Waals surface area contributed by atoms with Crippen LogP contribution in [0.4, 0.5) is 0 Å². The Bertz CT molecular complexity index is 251. The first-order valence-corrected chi connectivity index (χ1v) is 7.06. The zero-order valence-electron chi connectivity index (χ0n) is 8.69. The molecule has 0 aliphatic rings. The molecule has 0 spiro atoms. The minimum absolute atomic E-state index is 0.144. The van der Waals surface area contributed by atoms with Gasteiger partial charge in [0.05, 0.1) is 0 Å². The van der Waals surface area contributed by atoms with Crippen LogP contribution in [0.5, 0.6) is 0 Å². The number of rotatable bonds is 2. The van der Waals surface area contributed by atoms with Crippen molar-refractivity contribution >= 4 is 11.6 Å². The molecule has 0 aliphatic carbocycles. The van der Waals surface area contributed by atoms with Crippen LogP contribution in [0.15, 0.2) is 0 Å². The van der Waals surface area contributed by atoms with Gasteiger partial charge in [0.25, 0.3) is 0 Å². The molecule has 0 amide bonds. The minimum atomic E-state index is -6.02. The van der Waals surface area contributed by atoms with Crippen LogP contribution in [0.2, 0.25) is 0 Å². The summed E-state index contributed by atoms with van der Waals surface area (Å²) in [5, 5.41) is 0. The van der Waals surface area contributed by atoms with Gasteiger partial charge in [0.1, 0.15) is 13.1 Å². The average Bonchev–Trinajstić information content (AvgIpc) is 2.02. The second-order valence-corrected chi connectivity index (χ2v) is 4.32. The molecule has 0 bridgehead atoms. The fourth-order valence-corrected chi connectivity index (χ4v) is 0. The van der Waals surface area contributed by atoms with Gasteiger partial charge >= 0.3 is 31.1 Å². The maximum atomic E-state index is 9.75. The topological polar surface area (TPSA) is 170 Å². The van der Waals surface area contributed by atoms with Crippen LogP contribution in [0.1, 0.15) is 13.8 Å². The molecule has 0 radical (unpaired) electrons. The molecular weight excluding hydrogens is 292 g/mol. The summed E-state index contributed by atoms with van der Waals surface area (Å²) in [5.74, 6) is 0.287. The number of Topliss-reactive ketones (excluding diaryl/α,β-unsaturated/α-hetero) is 2. The van der Waals surface area contributed by atoms with Crippen molar-refractivity contribution in [1.29, 1.82) is 0 Å². The summed E-state index contributed by atoms with van der Waals surface area (Å²) in [6, 6.07) is 0. The van der Waals surface area contributed by atoms with E-state index in [1.165, 1.54) is 13.8 Å². The Labute approximate surface area is 91.0 Å². The maximum absolute atomic E-state index is 9.75. The molecule has 0 heterocycles. The molecule has 0 aliphatic heterocycles. The normalized spacial score (nSPS) is 8.93. The monoisotopic (exact) mass is 310 g/mol. The number of hydrogen-bond acceptors (Lipinski definition) is 6. The third-order valence-corrected chi connectivity index (χ3v) is 0.704. The summed E-state index contributed by atoms with van der Waals surface area (Å²) in [7, 11) is 0. The van der Waals surface area contributed by atoms with Crippen LogP contribution in [-0.4, -0.2) is 24.7 Å². The second-order valence-electron chi connectivity index (χ2n) is 2.31. The molecular formula is C6H16MoN2O6. The van der Waals surface area contributed by atoms with Crippen molar-refractivity contribution in [3.8, 4) is 0 Å². The van der Waals surface area contributed by atoms with E-state index in [4.69, 9.17) is 14.3 Å². The van der Waals surface area contributed by atoms with E-state index in [-0.39, 0.29) is 11.6 Å². The quantitative estimate of drug-likeness (QED) is 0.484.